The minimum Gasteiger partial charge on any atom is -0.458 e. The zero-order valence-electron chi connectivity index (χ0n) is 42.9. The highest BCUT2D eigenvalue weighted by Crippen LogP contribution is 2.41. The summed E-state index contributed by atoms with van der Waals surface area (Å²) in [6, 6.07) is 69.5. The predicted octanol–water partition coefficient (Wildman–Crippen LogP) is 17.3. The minimum atomic E-state index is -0.0396. The molecule has 11 rings (SSSR count). The van der Waals surface area contributed by atoms with E-state index in [9.17, 15) is 0 Å². The Morgan fingerprint density at radius 3 is 1.76 bits per heavy atom. The van der Waals surface area contributed by atoms with Gasteiger partial charge in [-0.25, -0.2) is 4.98 Å². The van der Waals surface area contributed by atoms with E-state index < -0.39 is 0 Å². The van der Waals surface area contributed by atoms with Crippen LogP contribution in [0.5, 0.6) is 11.5 Å². The van der Waals surface area contributed by atoms with Crippen LogP contribution >= 0.6 is 0 Å². The van der Waals surface area contributed by atoms with Crippen LogP contribution in [0.1, 0.15) is 84.9 Å². The Morgan fingerprint density at radius 1 is 0.500 bits per heavy atom. The zero-order chi connectivity index (χ0) is 49.9. The number of hydrogen-bond donors (Lipinski definition) is 0. The average Bonchev–Trinajstić information content (AvgIpc) is 3.94. The van der Waals surface area contributed by atoms with E-state index in [1.54, 1.807) is 0 Å². The summed E-state index contributed by atoms with van der Waals surface area (Å²) in [4.78, 5) is 5.19. The molecule has 1 unspecified atom stereocenters. The Morgan fingerprint density at radius 2 is 1.08 bits per heavy atom. The summed E-state index contributed by atoms with van der Waals surface area (Å²) in [5.41, 5.74) is 17.0. The van der Waals surface area contributed by atoms with Gasteiger partial charge in [0.25, 0.3) is 6.33 Å². The van der Waals surface area contributed by atoms with Crippen LogP contribution in [0, 0.1) is 12.2 Å². The molecule has 5 heteroatoms. The third kappa shape index (κ3) is 8.57. The lowest BCUT2D eigenvalue weighted by Gasteiger charge is -2.27. The summed E-state index contributed by atoms with van der Waals surface area (Å²) in [5.74, 6) is 3.12. The van der Waals surface area contributed by atoms with E-state index >= 15 is 0 Å². The number of hydrogen-bond acceptors (Lipinski definition) is 2. The fraction of sp³-hybridized carbons (Fsp3) is 0.194. The molecule has 3 heterocycles. The first-order valence-electron chi connectivity index (χ1n) is 25.4. The van der Waals surface area contributed by atoms with Crippen molar-refractivity contribution in [2.45, 2.75) is 79.1 Å². The largest absolute Gasteiger partial charge is 0.458 e. The van der Waals surface area contributed by atoms with Gasteiger partial charge in [0.05, 0.1) is 33.4 Å². The van der Waals surface area contributed by atoms with Crippen molar-refractivity contribution in [2.75, 3.05) is 0 Å². The summed E-state index contributed by atoms with van der Waals surface area (Å²) in [7, 11) is 0. The van der Waals surface area contributed by atoms with E-state index in [1.807, 2.05) is 6.07 Å². The summed E-state index contributed by atoms with van der Waals surface area (Å²) < 4.78 is 13.6. The molecule has 11 aromatic rings. The van der Waals surface area contributed by atoms with Gasteiger partial charge in [0.1, 0.15) is 17.3 Å². The number of pyridine rings is 1. The molecule has 8 aromatic carbocycles. The standard InChI is InChI=1S/C67H62N4O/c1-44(2)45(3)58-41-64(68-42-59(58)47-24-14-11-15-25-47)71-60-31-17-16-28-56(60)57-35-34-53(40-63(57)71)72-52-27-20-26-51(39-52)69-43-70(62-33-19-18-32-61(62)69)65-54(46-22-12-10-13-23-46)29-21-30-55(65)48-36-49(66(4,5)6)38-50(37-48)67(7,8)9/h10-42,44-45H,1-9H3. The van der Waals surface area contributed by atoms with Gasteiger partial charge in [-0.1, -0.05) is 208 Å². The summed E-state index contributed by atoms with van der Waals surface area (Å²) >= 11 is 0. The number of para-hydroxylation sites is 4. The van der Waals surface area contributed by atoms with Gasteiger partial charge < -0.3 is 4.74 Å². The predicted molar refractivity (Wildman–Crippen MR) is 299 cm³/mol. The van der Waals surface area contributed by atoms with E-state index in [0.29, 0.717) is 11.8 Å². The number of imidazole rings is 1. The fourth-order valence-corrected chi connectivity index (χ4v) is 10.2. The normalized spacial score (nSPS) is 12.6. The first-order chi connectivity index (χ1) is 34.7. The van der Waals surface area contributed by atoms with Crippen LogP contribution in [0.25, 0.3) is 83.4 Å². The van der Waals surface area contributed by atoms with E-state index in [0.717, 1.165) is 72.8 Å². The maximum Gasteiger partial charge on any atom is 0.269 e. The number of nitrogens with zero attached hydrogens (tertiary/aromatic N) is 4. The van der Waals surface area contributed by atoms with E-state index in [2.05, 4.69) is 277 Å². The quantitative estimate of drug-likeness (QED) is 0.101. The van der Waals surface area contributed by atoms with Crippen LogP contribution in [0.4, 0.5) is 0 Å². The van der Waals surface area contributed by atoms with Crippen molar-refractivity contribution in [3.63, 3.8) is 0 Å². The first kappa shape index (κ1) is 46.4. The van der Waals surface area contributed by atoms with Crippen LogP contribution in [0.15, 0.2) is 200 Å². The lowest BCUT2D eigenvalue weighted by atomic mass is 9.78. The average molecular weight is 939 g/mol. The van der Waals surface area contributed by atoms with Crippen LogP contribution in [0.2, 0.25) is 0 Å². The smallest absolute Gasteiger partial charge is 0.269 e. The molecule has 5 nitrogen and oxygen atoms in total. The lowest BCUT2D eigenvalue weighted by Crippen LogP contribution is -2.31. The minimum absolute atomic E-state index is 0.0396. The van der Waals surface area contributed by atoms with Crippen LogP contribution in [-0.4, -0.2) is 14.1 Å². The summed E-state index contributed by atoms with van der Waals surface area (Å²) in [6.07, 6.45) is 5.95. The lowest BCUT2D eigenvalue weighted by molar-refractivity contribution is -0.571. The molecule has 1 atom stereocenters. The topological polar surface area (TPSA) is 35.9 Å². The Bertz CT molecular complexity index is 3760. The van der Waals surface area contributed by atoms with Crippen molar-refractivity contribution in [1.29, 1.82) is 0 Å². The highest BCUT2D eigenvalue weighted by molar-refractivity contribution is 6.09. The Hall–Kier alpha value is -8.02. The number of aromatic nitrogens is 4. The third-order valence-electron chi connectivity index (χ3n) is 14.6. The van der Waals surface area contributed by atoms with Crippen molar-refractivity contribution in [2.24, 2.45) is 5.92 Å². The molecule has 356 valence electrons. The zero-order valence-corrected chi connectivity index (χ0v) is 42.9. The van der Waals surface area contributed by atoms with Gasteiger partial charge in [0, 0.05) is 28.6 Å². The molecule has 0 radical (unpaired) electrons. The number of rotatable bonds is 10. The molecule has 0 bridgehead atoms. The maximum atomic E-state index is 6.87. The Balaban J connectivity index is 1.03. The third-order valence-corrected chi connectivity index (χ3v) is 14.6. The van der Waals surface area contributed by atoms with Crippen molar-refractivity contribution in [3.05, 3.63) is 223 Å². The molecule has 0 aliphatic heterocycles. The molecule has 0 N–H and O–H groups in total. The summed E-state index contributed by atoms with van der Waals surface area (Å²) in [5, 5.41) is 2.32. The van der Waals surface area contributed by atoms with Crippen molar-refractivity contribution in [1.82, 2.24) is 14.1 Å². The molecule has 0 spiro atoms. The molecule has 0 aliphatic carbocycles. The molecular formula is C67H62N4O. The van der Waals surface area contributed by atoms with Crippen LogP contribution in [-0.2, 0) is 10.8 Å². The van der Waals surface area contributed by atoms with Crippen molar-refractivity contribution < 1.29 is 9.30 Å². The second-order valence-electron chi connectivity index (χ2n) is 21.8. The van der Waals surface area contributed by atoms with Gasteiger partial charge in [0.15, 0.2) is 0 Å². The number of ether oxygens (including phenoxy) is 1. The molecule has 0 amide bonds. The van der Waals surface area contributed by atoms with E-state index in [1.165, 1.54) is 38.8 Å². The van der Waals surface area contributed by atoms with Crippen LogP contribution < -0.4 is 9.30 Å². The Kier molecular flexibility index (Phi) is 11.8. The van der Waals surface area contributed by atoms with Crippen molar-refractivity contribution in [3.8, 4) is 62.1 Å². The molecule has 0 fully saturated rings. The Labute approximate surface area is 424 Å². The monoisotopic (exact) mass is 938 g/mol. The molecule has 0 aliphatic rings. The number of benzene rings is 8. The molecule has 3 aromatic heterocycles. The van der Waals surface area contributed by atoms with Gasteiger partial charge in [-0.15, -0.1) is 0 Å². The molecule has 72 heavy (non-hydrogen) atoms. The van der Waals surface area contributed by atoms with Gasteiger partial charge >= 0.3 is 0 Å². The van der Waals surface area contributed by atoms with Crippen molar-refractivity contribution >= 4 is 32.8 Å². The maximum absolute atomic E-state index is 6.87. The second kappa shape index (κ2) is 18.3. The summed E-state index contributed by atoms with van der Waals surface area (Å²) in [6.45, 7) is 20.7. The van der Waals surface area contributed by atoms with Gasteiger partial charge in [-0.2, -0.15) is 0 Å². The van der Waals surface area contributed by atoms with E-state index in [-0.39, 0.29) is 10.8 Å². The molecule has 0 saturated carbocycles. The second-order valence-corrected chi connectivity index (χ2v) is 21.8. The molecule has 0 saturated heterocycles. The number of fused-ring (bicyclic) bond motifs is 4. The highest BCUT2D eigenvalue weighted by Gasteiger charge is 2.25. The fourth-order valence-electron chi connectivity index (χ4n) is 10.2. The van der Waals surface area contributed by atoms with Gasteiger partial charge in [0.2, 0.25) is 0 Å². The van der Waals surface area contributed by atoms with E-state index in [4.69, 9.17) is 9.72 Å². The van der Waals surface area contributed by atoms with Gasteiger partial charge in [-0.05, 0) is 110 Å². The van der Waals surface area contributed by atoms with Crippen LogP contribution in [0.3, 0.4) is 0 Å². The van der Waals surface area contributed by atoms with Gasteiger partial charge in [-0.3, -0.25) is 13.7 Å². The first-order valence-corrected chi connectivity index (χ1v) is 25.4. The highest BCUT2D eigenvalue weighted by atomic mass is 16.5. The molecular weight excluding hydrogens is 877 g/mol. The SMILES string of the molecule is CC(C)C(C)c1cc(-n2c3ccccc3c3ccc(Oc4cccc(-n5[c-][n+](-c6c(-c7ccccc7)cccc6-c6cc(C(C)(C)C)cc(C(C)(C)C)c6)c6ccccc65)c4)cc32)ncc1-c1ccccc1.